The molecule has 0 amide bonds. The molecular weight excluding hydrogens is 538 g/mol. The minimum Gasteiger partial charge on any atom is -0.497 e. The second-order valence-electron chi connectivity index (χ2n) is 9.16. The maximum Gasteiger partial charge on any atom is 0.341 e. The fourth-order valence-corrected chi connectivity index (χ4v) is 5.30. The van der Waals surface area contributed by atoms with E-state index in [1.165, 1.54) is 7.11 Å². The van der Waals surface area contributed by atoms with Gasteiger partial charge < -0.3 is 33.9 Å². The molecule has 0 fully saturated rings. The molecule has 2 N–H and O–H groups in total. The molecule has 0 saturated heterocycles. The number of ether oxygens (including phenoxy) is 5. The van der Waals surface area contributed by atoms with E-state index in [9.17, 15) is 19.8 Å². The molecule has 0 aromatic heterocycles. The molecule has 2 aliphatic rings. The fraction of sp³-hybridized carbons (Fsp3) is 0.310. The van der Waals surface area contributed by atoms with Gasteiger partial charge in [-0.15, -0.1) is 0 Å². The molecule has 1 heterocycles. The van der Waals surface area contributed by atoms with Crippen molar-refractivity contribution in [1.82, 2.24) is 0 Å². The Hall–Kier alpha value is -2.40. The van der Waals surface area contributed by atoms with Crippen molar-refractivity contribution >= 4 is 71.1 Å². The van der Waals surface area contributed by atoms with E-state index in [0.29, 0.717) is 35.2 Å². The molecule has 3 atom stereocenters. The van der Waals surface area contributed by atoms with Crippen molar-refractivity contribution < 1.29 is 43.5 Å². The molecule has 200 valence electrons. The first-order valence-corrected chi connectivity index (χ1v) is 12.3. The SMILES string of the molecule is CCCOc1ccc2c(c1)[C@@H](c1ccc(OC)cc1OCC(=O)O)[C@H](C(=O)O)[C@H]2c1ccc2c(c1)OCO2.[Na].[Na]. The van der Waals surface area contributed by atoms with E-state index in [2.05, 4.69) is 0 Å². The van der Waals surface area contributed by atoms with E-state index in [0.717, 1.165) is 23.1 Å². The number of carbonyl (C=O) groups is 2. The Morgan fingerprint density at radius 2 is 1.57 bits per heavy atom. The Bertz CT molecular complexity index is 1380. The summed E-state index contributed by atoms with van der Waals surface area (Å²) in [6.07, 6.45) is 0.823. The smallest absolute Gasteiger partial charge is 0.341 e. The van der Waals surface area contributed by atoms with Crippen LogP contribution in [0.15, 0.2) is 54.6 Å². The Labute approximate surface area is 276 Å². The van der Waals surface area contributed by atoms with Gasteiger partial charge >= 0.3 is 11.9 Å². The molecule has 5 rings (SSSR count). The molecule has 3 aromatic rings. The van der Waals surface area contributed by atoms with Crippen LogP contribution in [0, 0.1) is 5.92 Å². The Balaban J connectivity index is 0.00000220. The van der Waals surface area contributed by atoms with Gasteiger partial charge in [-0.2, -0.15) is 0 Å². The van der Waals surface area contributed by atoms with Gasteiger partial charge in [0.15, 0.2) is 18.1 Å². The van der Waals surface area contributed by atoms with Crippen LogP contribution in [0.4, 0.5) is 0 Å². The third kappa shape index (κ3) is 6.40. The van der Waals surface area contributed by atoms with Gasteiger partial charge in [0.2, 0.25) is 6.79 Å². The van der Waals surface area contributed by atoms with Gasteiger partial charge in [0, 0.05) is 82.6 Å². The number of hydrogen-bond donors (Lipinski definition) is 2. The van der Waals surface area contributed by atoms with E-state index in [-0.39, 0.29) is 71.7 Å². The first-order valence-electron chi connectivity index (χ1n) is 12.3. The van der Waals surface area contributed by atoms with Gasteiger partial charge in [-0.25, -0.2) is 4.79 Å². The molecule has 9 nitrogen and oxygen atoms in total. The van der Waals surface area contributed by atoms with E-state index < -0.39 is 36.3 Å². The summed E-state index contributed by atoms with van der Waals surface area (Å²) in [5.41, 5.74) is 2.94. The van der Waals surface area contributed by atoms with Crippen LogP contribution in [0.3, 0.4) is 0 Å². The standard InChI is InChI=1S/C29H28O9.2Na/c1-3-10-35-18-6-7-19-21(12-18)27(20-8-5-17(34-2)13-23(20)36-14-25(30)31)28(29(32)33)26(19)16-4-9-22-24(11-16)38-15-37-22;;/h4-9,11-13,26-28H,3,10,14-15H2,1-2H3,(H,30,31)(H,32,33);;/t26-,27+,28+;;/m0../s1. The zero-order chi connectivity index (χ0) is 26.8. The third-order valence-corrected chi connectivity index (χ3v) is 6.87. The van der Waals surface area contributed by atoms with E-state index in [1.807, 2.05) is 37.3 Å². The number of benzene rings is 3. The van der Waals surface area contributed by atoms with E-state index in [1.54, 1.807) is 24.3 Å². The predicted molar refractivity (Wildman–Crippen MR) is 147 cm³/mol. The van der Waals surface area contributed by atoms with Gasteiger partial charge in [0.25, 0.3) is 0 Å². The largest absolute Gasteiger partial charge is 0.497 e. The molecule has 40 heavy (non-hydrogen) atoms. The zero-order valence-electron chi connectivity index (χ0n) is 23.0. The molecule has 1 aliphatic heterocycles. The summed E-state index contributed by atoms with van der Waals surface area (Å²) in [6, 6.07) is 16.2. The van der Waals surface area contributed by atoms with Gasteiger partial charge in [-0.3, -0.25) is 4.79 Å². The summed E-state index contributed by atoms with van der Waals surface area (Å²) in [4.78, 5) is 24.3. The second-order valence-corrected chi connectivity index (χ2v) is 9.16. The number of carboxylic acids is 2. The number of rotatable bonds is 10. The van der Waals surface area contributed by atoms with Crippen molar-refractivity contribution in [1.29, 1.82) is 0 Å². The number of aliphatic carboxylic acids is 2. The third-order valence-electron chi connectivity index (χ3n) is 6.87. The van der Waals surface area contributed by atoms with Gasteiger partial charge in [-0.05, 0) is 53.4 Å². The Morgan fingerprint density at radius 1 is 0.850 bits per heavy atom. The summed E-state index contributed by atoms with van der Waals surface area (Å²) in [6.45, 7) is 2.06. The van der Waals surface area contributed by atoms with Gasteiger partial charge in [0.1, 0.15) is 17.2 Å². The number of carboxylic acid groups (broad SMARTS) is 2. The van der Waals surface area contributed by atoms with E-state index in [4.69, 9.17) is 23.7 Å². The van der Waals surface area contributed by atoms with Crippen LogP contribution in [0.2, 0.25) is 0 Å². The average Bonchev–Trinajstić information content (AvgIpc) is 3.52. The monoisotopic (exact) mass is 566 g/mol. The maximum atomic E-state index is 13.0. The Morgan fingerprint density at radius 3 is 2.27 bits per heavy atom. The predicted octanol–water partition coefficient (Wildman–Crippen LogP) is 3.89. The summed E-state index contributed by atoms with van der Waals surface area (Å²) in [7, 11) is 1.49. The van der Waals surface area contributed by atoms with Crippen LogP contribution >= 0.6 is 0 Å². The molecule has 3 aromatic carbocycles. The van der Waals surface area contributed by atoms with Crippen LogP contribution in [-0.4, -0.2) is 108 Å². The second kappa shape index (κ2) is 14.0. The summed E-state index contributed by atoms with van der Waals surface area (Å²) in [5, 5.41) is 19.9. The van der Waals surface area contributed by atoms with Crippen molar-refractivity contribution in [3.8, 4) is 28.7 Å². The first kappa shape index (κ1) is 32.1. The molecule has 11 heteroatoms. The van der Waals surface area contributed by atoms with Gasteiger partial charge in [0.05, 0.1) is 19.6 Å². The van der Waals surface area contributed by atoms with Gasteiger partial charge in [-0.1, -0.05) is 25.1 Å². The molecular formula is C29H28Na2O9. The number of fused-ring (bicyclic) bond motifs is 2. The van der Waals surface area contributed by atoms with E-state index >= 15 is 0 Å². The van der Waals surface area contributed by atoms with Crippen molar-refractivity contribution in [3.63, 3.8) is 0 Å². The van der Waals surface area contributed by atoms with Crippen LogP contribution in [0.25, 0.3) is 0 Å². The number of methoxy groups -OCH3 is 1. The van der Waals surface area contributed by atoms with Crippen LogP contribution < -0.4 is 23.7 Å². The minimum absolute atomic E-state index is 0. The summed E-state index contributed by atoms with van der Waals surface area (Å²) >= 11 is 0. The maximum absolute atomic E-state index is 13.0. The van der Waals surface area contributed by atoms with Crippen molar-refractivity contribution in [2.45, 2.75) is 25.2 Å². The Kier molecular flexibility index (Phi) is 11.2. The summed E-state index contributed by atoms with van der Waals surface area (Å²) in [5.74, 6) is -1.72. The van der Waals surface area contributed by atoms with Crippen LogP contribution in [-0.2, 0) is 9.59 Å². The molecule has 1 aliphatic carbocycles. The molecule has 2 radical (unpaired) electrons. The minimum atomic E-state index is -1.14. The zero-order valence-corrected chi connectivity index (χ0v) is 27.0. The molecule has 0 saturated carbocycles. The average molecular weight is 567 g/mol. The van der Waals surface area contributed by atoms with Crippen molar-refractivity contribution in [2.24, 2.45) is 5.92 Å². The molecule has 0 spiro atoms. The topological polar surface area (TPSA) is 121 Å². The first-order chi connectivity index (χ1) is 18.4. The van der Waals surface area contributed by atoms with Crippen molar-refractivity contribution in [2.75, 3.05) is 27.1 Å². The summed E-state index contributed by atoms with van der Waals surface area (Å²) < 4.78 is 27.9. The normalized spacial score (nSPS) is 18.1. The number of hydrogen-bond acceptors (Lipinski definition) is 7. The van der Waals surface area contributed by atoms with Crippen LogP contribution in [0.1, 0.15) is 47.4 Å². The quantitative estimate of drug-likeness (QED) is 0.352. The van der Waals surface area contributed by atoms with Crippen LogP contribution in [0.5, 0.6) is 28.7 Å². The van der Waals surface area contributed by atoms with Crippen molar-refractivity contribution in [3.05, 3.63) is 76.9 Å². The molecule has 0 bridgehead atoms. The molecule has 0 unspecified atom stereocenters. The fourth-order valence-electron chi connectivity index (χ4n) is 5.30.